The summed E-state index contributed by atoms with van der Waals surface area (Å²) in [6.07, 6.45) is 6.73. The van der Waals surface area contributed by atoms with Crippen LogP contribution in [0.3, 0.4) is 0 Å². The molecule has 1 aromatic heterocycles. The molecule has 18 heavy (non-hydrogen) atoms. The Morgan fingerprint density at radius 2 is 2.22 bits per heavy atom. The molecule has 2 N–H and O–H groups in total. The summed E-state index contributed by atoms with van der Waals surface area (Å²) in [7, 11) is 0. The molecule has 1 heterocycles. The average Bonchev–Trinajstić information content (AvgIpc) is 2.85. The van der Waals surface area contributed by atoms with Gasteiger partial charge in [0.2, 0.25) is 0 Å². The van der Waals surface area contributed by atoms with E-state index in [4.69, 9.17) is 10.5 Å². The highest BCUT2D eigenvalue weighted by atomic mass is 16.5. The topological polar surface area (TPSA) is 66.0 Å². The van der Waals surface area contributed by atoms with E-state index in [1.807, 2.05) is 4.68 Å². The van der Waals surface area contributed by atoms with E-state index in [1.54, 1.807) is 6.33 Å². The van der Waals surface area contributed by atoms with Gasteiger partial charge in [0.25, 0.3) is 0 Å². The maximum absolute atomic E-state index is 6.02. The molecule has 1 saturated carbocycles. The van der Waals surface area contributed by atoms with Crippen LogP contribution in [0.25, 0.3) is 0 Å². The highest BCUT2D eigenvalue weighted by Crippen LogP contribution is 2.26. The molecule has 1 aliphatic rings. The first-order valence-electron chi connectivity index (χ1n) is 6.92. The lowest BCUT2D eigenvalue weighted by Gasteiger charge is -2.30. The van der Waals surface area contributed by atoms with Gasteiger partial charge in [-0.15, -0.1) is 0 Å². The Labute approximate surface area is 109 Å². The van der Waals surface area contributed by atoms with Crippen LogP contribution in [0.1, 0.15) is 51.4 Å². The third kappa shape index (κ3) is 3.09. The molecule has 0 amide bonds. The minimum atomic E-state index is 0.293. The molecular formula is C13H24N4O. The van der Waals surface area contributed by atoms with Gasteiger partial charge in [0.05, 0.1) is 6.10 Å². The third-order valence-corrected chi connectivity index (χ3v) is 3.70. The van der Waals surface area contributed by atoms with Crippen LogP contribution in [0.4, 0.5) is 0 Å². The van der Waals surface area contributed by atoms with E-state index in [9.17, 15) is 0 Å². The lowest BCUT2D eigenvalue weighted by Crippen LogP contribution is -2.33. The van der Waals surface area contributed by atoms with Gasteiger partial charge < -0.3 is 10.5 Å². The van der Waals surface area contributed by atoms with Gasteiger partial charge in [-0.2, -0.15) is 5.10 Å². The number of aromatic nitrogens is 3. The minimum absolute atomic E-state index is 0.293. The summed E-state index contributed by atoms with van der Waals surface area (Å²) >= 11 is 0. The predicted octanol–water partition coefficient (Wildman–Crippen LogP) is 1.89. The van der Waals surface area contributed by atoms with Gasteiger partial charge in [-0.05, 0) is 39.2 Å². The molecule has 5 nitrogen and oxygen atoms in total. The highest BCUT2D eigenvalue weighted by Gasteiger charge is 2.25. The van der Waals surface area contributed by atoms with Crippen molar-refractivity contribution >= 4 is 0 Å². The summed E-state index contributed by atoms with van der Waals surface area (Å²) in [5.41, 5.74) is 5.81. The van der Waals surface area contributed by atoms with Gasteiger partial charge in [0, 0.05) is 6.04 Å². The fourth-order valence-corrected chi connectivity index (χ4v) is 2.65. The van der Waals surface area contributed by atoms with Crippen molar-refractivity contribution in [1.82, 2.24) is 14.8 Å². The van der Waals surface area contributed by atoms with Crippen molar-refractivity contribution in [3.8, 4) is 0 Å². The zero-order chi connectivity index (χ0) is 13.0. The summed E-state index contributed by atoms with van der Waals surface area (Å²) in [6, 6.07) is 0.322. The summed E-state index contributed by atoms with van der Waals surface area (Å²) in [6.45, 7) is 5.46. The molecule has 0 radical (unpaired) electrons. The fourth-order valence-electron chi connectivity index (χ4n) is 2.65. The highest BCUT2D eigenvalue weighted by molar-refractivity contribution is 4.85. The van der Waals surface area contributed by atoms with Crippen molar-refractivity contribution in [2.45, 2.75) is 58.3 Å². The van der Waals surface area contributed by atoms with E-state index in [0.29, 0.717) is 24.7 Å². The first-order valence-corrected chi connectivity index (χ1v) is 6.92. The second kappa shape index (κ2) is 6.29. The second-order valence-electron chi connectivity index (χ2n) is 5.34. The average molecular weight is 252 g/mol. The zero-order valence-corrected chi connectivity index (χ0v) is 11.4. The van der Waals surface area contributed by atoms with Crippen LogP contribution in [-0.4, -0.2) is 27.4 Å². The van der Waals surface area contributed by atoms with Crippen molar-refractivity contribution in [3.05, 3.63) is 12.2 Å². The van der Waals surface area contributed by atoms with E-state index in [-0.39, 0.29) is 0 Å². The van der Waals surface area contributed by atoms with Gasteiger partial charge in [-0.3, -0.25) is 0 Å². The number of nitrogens with zero attached hydrogens (tertiary/aromatic N) is 3. The van der Waals surface area contributed by atoms with Crippen LogP contribution in [0.2, 0.25) is 0 Å². The number of ether oxygens (including phenoxy) is 1. The minimum Gasteiger partial charge on any atom is -0.370 e. The Morgan fingerprint density at radius 3 is 2.94 bits per heavy atom. The standard InChI is InChI=1S/C13H24N4O/c1-10(2)17-13(15-9-16-17)8-18-12-6-4-3-5-11(12)7-14/h9-12H,3-8,14H2,1-2H3. The number of rotatable bonds is 5. The molecule has 0 aliphatic heterocycles. The van der Waals surface area contributed by atoms with Gasteiger partial charge >= 0.3 is 0 Å². The lowest BCUT2D eigenvalue weighted by molar-refractivity contribution is -0.0225. The van der Waals surface area contributed by atoms with Gasteiger partial charge in [0.1, 0.15) is 12.9 Å². The molecular weight excluding hydrogens is 228 g/mol. The molecule has 2 atom stereocenters. The largest absolute Gasteiger partial charge is 0.370 e. The quantitative estimate of drug-likeness (QED) is 0.869. The summed E-state index contributed by atoms with van der Waals surface area (Å²) in [5, 5.41) is 4.22. The molecule has 1 fully saturated rings. The Balaban J connectivity index is 1.91. The number of nitrogens with two attached hydrogens (primary N) is 1. The van der Waals surface area contributed by atoms with Crippen LogP contribution in [-0.2, 0) is 11.3 Å². The van der Waals surface area contributed by atoms with Crippen molar-refractivity contribution in [2.75, 3.05) is 6.54 Å². The van der Waals surface area contributed by atoms with E-state index >= 15 is 0 Å². The predicted molar refractivity (Wildman–Crippen MR) is 70.0 cm³/mol. The maximum Gasteiger partial charge on any atom is 0.153 e. The SMILES string of the molecule is CC(C)n1ncnc1COC1CCCCC1CN. The lowest BCUT2D eigenvalue weighted by atomic mass is 9.86. The summed E-state index contributed by atoms with van der Waals surface area (Å²) in [4.78, 5) is 4.27. The van der Waals surface area contributed by atoms with Crippen molar-refractivity contribution in [2.24, 2.45) is 11.7 Å². The Kier molecular flexibility index (Phi) is 4.72. The first kappa shape index (κ1) is 13.5. The van der Waals surface area contributed by atoms with E-state index in [0.717, 1.165) is 18.8 Å². The molecule has 0 bridgehead atoms. The Morgan fingerprint density at radius 1 is 1.44 bits per heavy atom. The first-order chi connectivity index (χ1) is 8.72. The van der Waals surface area contributed by atoms with Gasteiger partial charge in [-0.25, -0.2) is 9.67 Å². The monoisotopic (exact) mass is 252 g/mol. The molecule has 2 rings (SSSR count). The smallest absolute Gasteiger partial charge is 0.153 e. The zero-order valence-electron chi connectivity index (χ0n) is 11.4. The maximum atomic E-state index is 6.02. The van der Waals surface area contributed by atoms with E-state index in [1.165, 1.54) is 19.3 Å². The van der Waals surface area contributed by atoms with Crippen molar-refractivity contribution in [3.63, 3.8) is 0 Å². The molecule has 5 heteroatoms. The van der Waals surface area contributed by atoms with Crippen molar-refractivity contribution in [1.29, 1.82) is 0 Å². The molecule has 0 aromatic carbocycles. The molecule has 0 spiro atoms. The van der Waals surface area contributed by atoms with Gasteiger partial charge in [-0.1, -0.05) is 12.8 Å². The molecule has 2 unspecified atom stereocenters. The molecule has 1 aromatic rings. The van der Waals surface area contributed by atoms with Crippen LogP contribution < -0.4 is 5.73 Å². The van der Waals surface area contributed by atoms with Crippen LogP contribution in [0.15, 0.2) is 6.33 Å². The summed E-state index contributed by atoms with van der Waals surface area (Å²) in [5.74, 6) is 1.42. The fraction of sp³-hybridized carbons (Fsp3) is 0.846. The number of hydrogen-bond donors (Lipinski definition) is 1. The Bertz CT molecular complexity index is 364. The molecule has 1 aliphatic carbocycles. The molecule has 102 valence electrons. The second-order valence-corrected chi connectivity index (χ2v) is 5.34. The normalized spacial score (nSPS) is 24.7. The van der Waals surface area contributed by atoms with Crippen LogP contribution in [0, 0.1) is 5.92 Å². The Hall–Kier alpha value is -0.940. The van der Waals surface area contributed by atoms with Crippen LogP contribution >= 0.6 is 0 Å². The number of hydrogen-bond acceptors (Lipinski definition) is 4. The summed E-state index contributed by atoms with van der Waals surface area (Å²) < 4.78 is 7.94. The molecule has 0 saturated heterocycles. The third-order valence-electron chi connectivity index (χ3n) is 3.70. The van der Waals surface area contributed by atoms with Gasteiger partial charge in [0.15, 0.2) is 5.82 Å². The van der Waals surface area contributed by atoms with E-state index in [2.05, 4.69) is 23.9 Å². The van der Waals surface area contributed by atoms with Crippen LogP contribution in [0.5, 0.6) is 0 Å². The van der Waals surface area contributed by atoms with E-state index < -0.39 is 0 Å². The van der Waals surface area contributed by atoms with Crippen molar-refractivity contribution < 1.29 is 4.74 Å².